The van der Waals surface area contributed by atoms with Crippen LogP contribution < -0.4 is 5.73 Å². The molecule has 0 aliphatic heterocycles. The van der Waals surface area contributed by atoms with Crippen LogP contribution in [0.1, 0.15) is 25.8 Å². The van der Waals surface area contributed by atoms with Crippen molar-refractivity contribution in [1.29, 1.82) is 0 Å². The van der Waals surface area contributed by atoms with Gasteiger partial charge in [0.05, 0.1) is 0 Å². The number of nitrogens with zero attached hydrogens (tertiary/aromatic N) is 1. The lowest BCUT2D eigenvalue weighted by molar-refractivity contribution is 0.477. The minimum atomic E-state index is 0.719. The third-order valence-corrected chi connectivity index (χ3v) is 3.49. The monoisotopic (exact) mass is 230 g/mol. The molecule has 1 aromatic carbocycles. The van der Waals surface area contributed by atoms with Gasteiger partial charge in [0, 0.05) is 23.6 Å². The second-order valence-corrected chi connectivity index (χ2v) is 4.88. The summed E-state index contributed by atoms with van der Waals surface area (Å²) < 4.78 is 2.38. The maximum absolute atomic E-state index is 5.68. The van der Waals surface area contributed by atoms with E-state index < -0.39 is 0 Å². The van der Waals surface area contributed by atoms with E-state index in [0.29, 0.717) is 0 Å². The minimum Gasteiger partial charge on any atom is -0.347 e. The van der Waals surface area contributed by atoms with Gasteiger partial charge in [0.15, 0.2) is 0 Å². The van der Waals surface area contributed by atoms with Crippen molar-refractivity contribution < 1.29 is 0 Å². The van der Waals surface area contributed by atoms with Crippen molar-refractivity contribution in [3.05, 3.63) is 36.0 Å². The van der Waals surface area contributed by atoms with Crippen LogP contribution in [0, 0.1) is 5.92 Å². The number of aromatic nitrogens is 1. The second-order valence-electron chi connectivity index (χ2n) is 4.88. The van der Waals surface area contributed by atoms with Crippen LogP contribution in [0.5, 0.6) is 0 Å². The van der Waals surface area contributed by atoms with Gasteiger partial charge in [0.1, 0.15) is 0 Å². The molecule has 2 heteroatoms. The zero-order chi connectivity index (χ0) is 12.3. The van der Waals surface area contributed by atoms with Gasteiger partial charge in [0.25, 0.3) is 0 Å². The van der Waals surface area contributed by atoms with Crippen molar-refractivity contribution in [3.63, 3.8) is 0 Å². The maximum atomic E-state index is 5.68. The van der Waals surface area contributed by atoms with Gasteiger partial charge in [-0.1, -0.05) is 38.5 Å². The first-order valence-corrected chi connectivity index (χ1v) is 6.53. The lowest BCUT2D eigenvalue weighted by Crippen LogP contribution is -2.05. The molecule has 0 aliphatic rings. The minimum absolute atomic E-state index is 0.719. The number of rotatable bonds is 5. The number of para-hydroxylation sites is 1. The summed E-state index contributed by atoms with van der Waals surface area (Å²) in [6.45, 7) is 6.37. The van der Waals surface area contributed by atoms with Crippen LogP contribution in [0.15, 0.2) is 30.5 Å². The molecule has 0 bridgehead atoms. The van der Waals surface area contributed by atoms with E-state index in [-0.39, 0.29) is 0 Å². The highest BCUT2D eigenvalue weighted by Gasteiger charge is 2.09. The average Bonchev–Trinajstić information content (AvgIpc) is 2.69. The second kappa shape index (κ2) is 5.37. The van der Waals surface area contributed by atoms with E-state index in [2.05, 4.69) is 48.9 Å². The lowest BCUT2D eigenvalue weighted by Gasteiger charge is -2.10. The van der Waals surface area contributed by atoms with Crippen LogP contribution in [-0.4, -0.2) is 11.1 Å². The van der Waals surface area contributed by atoms with Crippen LogP contribution in [-0.2, 0) is 13.0 Å². The largest absolute Gasteiger partial charge is 0.347 e. The Labute approximate surface area is 103 Å². The molecule has 0 spiro atoms. The summed E-state index contributed by atoms with van der Waals surface area (Å²) in [6.07, 6.45) is 4.47. The predicted molar refractivity (Wildman–Crippen MR) is 74.2 cm³/mol. The van der Waals surface area contributed by atoms with Crippen molar-refractivity contribution in [1.82, 2.24) is 4.57 Å². The lowest BCUT2D eigenvalue weighted by atomic mass is 10.1. The van der Waals surface area contributed by atoms with Gasteiger partial charge in [0.2, 0.25) is 0 Å². The van der Waals surface area contributed by atoms with Crippen molar-refractivity contribution in [2.45, 2.75) is 33.2 Å². The summed E-state index contributed by atoms with van der Waals surface area (Å²) in [4.78, 5) is 0. The molecule has 2 aromatic rings. The molecule has 92 valence electrons. The molecular weight excluding hydrogens is 208 g/mol. The molecule has 0 saturated carbocycles. The average molecular weight is 230 g/mol. The molecule has 17 heavy (non-hydrogen) atoms. The third-order valence-electron chi connectivity index (χ3n) is 3.49. The number of nitrogens with two attached hydrogens (primary N) is 1. The standard InChI is InChI=1S/C15H22N2/c1-3-12(2)10-17-11-13(8-9-16)14-6-4-5-7-15(14)17/h4-7,11-12H,3,8-10,16H2,1-2H3. The number of benzene rings is 1. The first-order valence-electron chi connectivity index (χ1n) is 6.53. The Hall–Kier alpha value is -1.28. The normalized spacial score (nSPS) is 13.1. The van der Waals surface area contributed by atoms with E-state index in [9.17, 15) is 0 Å². The van der Waals surface area contributed by atoms with E-state index in [1.165, 1.54) is 22.9 Å². The fourth-order valence-electron chi connectivity index (χ4n) is 2.29. The molecule has 1 heterocycles. The Balaban J connectivity index is 2.41. The highest BCUT2D eigenvalue weighted by atomic mass is 15.0. The topological polar surface area (TPSA) is 30.9 Å². The molecule has 1 aromatic heterocycles. The summed E-state index contributed by atoms with van der Waals surface area (Å²) >= 11 is 0. The van der Waals surface area contributed by atoms with Gasteiger partial charge in [-0.15, -0.1) is 0 Å². The van der Waals surface area contributed by atoms with Gasteiger partial charge >= 0.3 is 0 Å². The van der Waals surface area contributed by atoms with E-state index in [1.807, 2.05) is 0 Å². The number of hydrogen-bond acceptors (Lipinski definition) is 1. The van der Waals surface area contributed by atoms with Crippen LogP contribution in [0.4, 0.5) is 0 Å². The maximum Gasteiger partial charge on any atom is 0.0483 e. The molecule has 0 radical (unpaired) electrons. The number of hydrogen-bond donors (Lipinski definition) is 1. The molecule has 0 aliphatic carbocycles. The van der Waals surface area contributed by atoms with Crippen molar-refractivity contribution in [2.24, 2.45) is 11.7 Å². The van der Waals surface area contributed by atoms with Crippen LogP contribution in [0.3, 0.4) is 0 Å². The first kappa shape index (κ1) is 12.2. The summed E-state index contributed by atoms with van der Waals surface area (Å²) in [7, 11) is 0. The van der Waals surface area contributed by atoms with Crippen LogP contribution in [0.2, 0.25) is 0 Å². The van der Waals surface area contributed by atoms with E-state index in [4.69, 9.17) is 5.73 Å². The SMILES string of the molecule is CCC(C)Cn1cc(CCN)c2ccccc21. The first-order chi connectivity index (χ1) is 8.26. The Morgan fingerprint density at radius 1 is 1.29 bits per heavy atom. The van der Waals surface area contributed by atoms with E-state index in [0.717, 1.165) is 25.4 Å². The quantitative estimate of drug-likeness (QED) is 0.840. The Bertz CT molecular complexity index is 485. The highest BCUT2D eigenvalue weighted by molar-refractivity contribution is 5.84. The molecule has 0 amide bonds. The van der Waals surface area contributed by atoms with Gasteiger partial charge in [-0.25, -0.2) is 0 Å². The van der Waals surface area contributed by atoms with Gasteiger partial charge in [-0.2, -0.15) is 0 Å². The Morgan fingerprint density at radius 2 is 2.06 bits per heavy atom. The summed E-state index contributed by atoms with van der Waals surface area (Å²) in [5.41, 5.74) is 8.40. The molecule has 2 N–H and O–H groups in total. The smallest absolute Gasteiger partial charge is 0.0483 e. The van der Waals surface area contributed by atoms with Crippen LogP contribution >= 0.6 is 0 Å². The van der Waals surface area contributed by atoms with E-state index >= 15 is 0 Å². The van der Waals surface area contributed by atoms with Gasteiger partial charge < -0.3 is 10.3 Å². The van der Waals surface area contributed by atoms with E-state index in [1.54, 1.807) is 0 Å². The molecule has 1 unspecified atom stereocenters. The fraction of sp³-hybridized carbons (Fsp3) is 0.467. The van der Waals surface area contributed by atoms with Gasteiger partial charge in [-0.3, -0.25) is 0 Å². The zero-order valence-electron chi connectivity index (χ0n) is 10.8. The van der Waals surface area contributed by atoms with Crippen LogP contribution in [0.25, 0.3) is 10.9 Å². The van der Waals surface area contributed by atoms with Crippen molar-refractivity contribution in [2.75, 3.05) is 6.54 Å². The highest BCUT2D eigenvalue weighted by Crippen LogP contribution is 2.23. The predicted octanol–water partition coefficient (Wildman–Crippen LogP) is 3.19. The molecular formula is C15H22N2. The zero-order valence-corrected chi connectivity index (χ0v) is 10.8. The molecule has 2 nitrogen and oxygen atoms in total. The summed E-state index contributed by atoms with van der Waals surface area (Å²) in [5.74, 6) is 0.719. The Kier molecular flexibility index (Phi) is 3.85. The molecule has 0 saturated heterocycles. The summed E-state index contributed by atoms with van der Waals surface area (Å²) in [5, 5.41) is 1.36. The van der Waals surface area contributed by atoms with Crippen molar-refractivity contribution in [3.8, 4) is 0 Å². The number of fused-ring (bicyclic) bond motifs is 1. The van der Waals surface area contributed by atoms with Crippen molar-refractivity contribution >= 4 is 10.9 Å². The fourth-order valence-corrected chi connectivity index (χ4v) is 2.29. The third kappa shape index (κ3) is 2.52. The van der Waals surface area contributed by atoms with Gasteiger partial charge in [-0.05, 0) is 30.5 Å². The molecule has 2 rings (SSSR count). The molecule has 1 atom stereocenters. The Morgan fingerprint density at radius 3 is 2.76 bits per heavy atom. The summed E-state index contributed by atoms with van der Waals surface area (Å²) in [6, 6.07) is 8.63. The molecule has 0 fully saturated rings.